The lowest BCUT2D eigenvalue weighted by Gasteiger charge is -2.18. The summed E-state index contributed by atoms with van der Waals surface area (Å²) in [5.74, 6) is -0.918. The molecule has 0 aromatic rings. The largest absolute Gasteiger partial charge is 0.462 e. The second-order valence-corrected chi connectivity index (χ2v) is 22.0. The van der Waals surface area contributed by atoms with E-state index in [1.54, 1.807) is 0 Å². The Balaban J connectivity index is 4.28. The van der Waals surface area contributed by atoms with E-state index in [-0.39, 0.29) is 31.1 Å². The number of hydrogen-bond donors (Lipinski definition) is 0. The second-order valence-electron chi connectivity index (χ2n) is 22.0. The maximum atomic E-state index is 12.9. The standard InChI is InChI=1S/C75H124O6/c1-4-7-10-13-16-19-22-25-28-29-30-31-32-33-34-35-36-37-38-39-40-41-42-43-44-45-48-50-53-56-59-62-65-68-74(77)80-71-72(81-75(78)69-66-63-60-57-54-51-47-27-24-21-18-15-12-9-6-3)70-79-73(76)67-64-61-58-55-52-49-46-26-23-20-17-14-11-8-5-2/h7,10,16-21,25-28,30-31,33-34,36-37,39-40,46-47,72H,4-6,8-9,11-15,22-24,29,32,35,38,41-45,48-71H2,1-3H3/b10-7-,19-16-,20-17-,21-18-,28-25-,31-30-,34-33-,37-36-,40-39-,46-26-,47-27-. The fourth-order valence-electron chi connectivity index (χ4n) is 9.07. The van der Waals surface area contributed by atoms with Crippen molar-refractivity contribution in [1.82, 2.24) is 0 Å². The molecule has 6 nitrogen and oxygen atoms in total. The van der Waals surface area contributed by atoms with Crippen LogP contribution in [0.25, 0.3) is 0 Å². The molecular formula is C75H124O6. The molecule has 6 heteroatoms. The van der Waals surface area contributed by atoms with E-state index < -0.39 is 6.10 Å². The Hall–Kier alpha value is -4.45. The highest BCUT2D eigenvalue weighted by atomic mass is 16.6. The lowest BCUT2D eigenvalue weighted by Crippen LogP contribution is -2.30. The van der Waals surface area contributed by atoms with Crippen molar-refractivity contribution in [2.75, 3.05) is 13.2 Å². The van der Waals surface area contributed by atoms with Crippen LogP contribution in [-0.2, 0) is 28.6 Å². The molecule has 1 atom stereocenters. The van der Waals surface area contributed by atoms with Gasteiger partial charge in [-0.15, -0.1) is 0 Å². The van der Waals surface area contributed by atoms with Gasteiger partial charge in [-0.25, -0.2) is 0 Å². The Morgan fingerprint density at radius 2 is 0.481 bits per heavy atom. The van der Waals surface area contributed by atoms with Gasteiger partial charge in [0.25, 0.3) is 0 Å². The van der Waals surface area contributed by atoms with Gasteiger partial charge in [0.05, 0.1) is 0 Å². The van der Waals surface area contributed by atoms with Crippen LogP contribution in [0.4, 0.5) is 0 Å². The van der Waals surface area contributed by atoms with E-state index in [1.165, 1.54) is 109 Å². The summed E-state index contributed by atoms with van der Waals surface area (Å²) in [6, 6.07) is 0. The molecule has 0 N–H and O–H groups in total. The fourth-order valence-corrected chi connectivity index (χ4v) is 9.07. The van der Waals surface area contributed by atoms with E-state index in [1.807, 2.05) is 0 Å². The summed E-state index contributed by atoms with van der Waals surface area (Å²) < 4.78 is 16.9. The van der Waals surface area contributed by atoms with Gasteiger partial charge in [0.15, 0.2) is 6.10 Å². The molecule has 0 aliphatic heterocycles. The highest BCUT2D eigenvalue weighted by Gasteiger charge is 2.19. The minimum Gasteiger partial charge on any atom is -0.462 e. The van der Waals surface area contributed by atoms with E-state index in [9.17, 15) is 14.4 Å². The normalized spacial score (nSPS) is 13.0. The summed E-state index contributed by atoms with van der Waals surface area (Å²) >= 11 is 0. The zero-order valence-electron chi connectivity index (χ0n) is 52.8. The highest BCUT2D eigenvalue weighted by Crippen LogP contribution is 2.15. The average Bonchev–Trinajstić information content (AvgIpc) is 3.47. The zero-order chi connectivity index (χ0) is 58.5. The van der Waals surface area contributed by atoms with Gasteiger partial charge in [0.1, 0.15) is 13.2 Å². The number of carbonyl (C=O) groups excluding carboxylic acids is 3. The molecule has 0 heterocycles. The Morgan fingerprint density at radius 1 is 0.259 bits per heavy atom. The van der Waals surface area contributed by atoms with Crippen LogP contribution in [0.3, 0.4) is 0 Å². The van der Waals surface area contributed by atoms with Gasteiger partial charge in [0, 0.05) is 19.3 Å². The first-order valence-corrected chi connectivity index (χ1v) is 33.7. The average molecular weight is 1120 g/mol. The van der Waals surface area contributed by atoms with Crippen molar-refractivity contribution in [3.63, 3.8) is 0 Å². The quantitative estimate of drug-likeness (QED) is 0.0261. The molecule has 0 amide bonds. The maximum absolute atomic E-state index is 12.9. The summed E-state index contributed by atoms with van der Waals surface area (Å²) in [4.78, 5) is 38.3. The molecule has 0 aromatic carbocycles. The van der Waals surface area contributed by atoms with Gasteiger partial charge in [0.2, 0.25) is 0 Å². The van der Waals surface area contributed by atoms with Gasteiger partial charge in [-0.1, -0.05) is 276 Å². The topological polar surface area (TPSA) is 78.9 Å². The molecular weight excluding hydrogens is 997 g/mol. The maximum Gasteiger partial charge on any atom is 0.306 e. The summed E-state index contributed by atoms with van der Waals surface area (Å²) in [5, 5.41) is 0. The number of allylic oxidation sites excluding steroid dienone is 22. The SMILES string of the molecule is CC/C=C\C/C=C\C/C=C\C/C=C\C/C=C\C/C=C\C/C=C\CCCCCCCCCCCCCC(=O)OCC(COC(=O)CCCCCCC/C=C\C/C=C\CCCCC)OC(=O)CCCCCCC/C=C\C/C=C\CCCCC. The minimum absolute atomic E-state index is 0.0918. The minimum atomic E-state index is -0.797. The molecule has 1 unspecified atom stereocenters. The first-order valence-electron chi connectivity index (χ1n) is 33.7. The first kappa shape index (κ1) is 76.5. The Bertz CT molecular complexity index is 1720. The molecule has 81 heavy (non-hydrogen) atoms. The van der Waals surface area contributed by atoms with Gasteiger partial charge in [-0.2, -0.15) is 0 Å². The Morgan fingerprint density at radius 3 is 0.753 bits per heavy atom. The molecule has 0 rings (SSSR count). The molecule has 0 bridgehead atoms. The van der Waals surface area contributed by atoms with Crippen molar-refractivity contribution < 1.29 is 28.6 Å². The summed E-state index contributed by atoms with van der Waals surface area (Å²) in [6.45, 7) is 6.46. The van der Waals surface area contributed by atoms with Crippen LogP contribution in [0.1, 0.15) is 303 Å². The first-order chi connectivity index (χ1) is 40.0. The predicted molar refractivity (Wildman–Crippen MR) is 353 cm³/mol. The van der Waals surface area contributed by atoms with Crippen molar-refractivity contribution in [2.24, 2.45) is 0 Å². The van der Waals surface area contributed by atoms with Crippen LogP contribution < -0.4 is 0 Å². The number of hydrogen-bond acceptors (Lipinski definition) is 6. The molecule has 0 aromatic heterocycles. The van der Waals surface area contributed by atoms with Gasteiger partial charge >= 0.3 is 17.9 Å². The van der Waals surface area contributed by atoms with Crippen molar-refractivity contribution in [3.05, 3.63) is 134 Å². The van der Waals surface area contributed by atoms with Crippen LogP contribution in [-0.4, -0.2) is 37.2 Å². The van der Waals surface area contributed by atoms with Crippen LogP contribution in [0.5, 0.6) is 0 Å². The molecule has 0 aliphatic rings. The van der Waals surface area contributed by atoms with E-state index >= 15 is 0 Å². The number of unbranched alkanes of at least 4 members (excludes halogenated alkanes) is 27. The molecule has 0 radical (unpaired) electrons. The second kappa shape index (κ2) is 68.1. The molecule has 0 spiro atoms. The lowest BCUT2D eigenvalue weighted by atomic mass is 10.0. The Kier molecular flexibility index (Phi) is 64.3. The predicted octanol–water partition coefficient (Wildman–Crippen LogP) is 23.3. The van der Waals surface area contributed by atoms with Crippen LogP contribution in [0.2, 0.25) is 0 Å². The van der Waals surface area contributed by atoms with E-state index in [0.717, 1.165) is 154 Å². The third-order valence-electron chi connectivity index (χ3n) is 14.1. The van der Waals surface area contributed by atoms with Gasteiger partial charge in [-0.3, -0.25) is 14.4 Å². The number of esters is 3. The van der Waals surface area contributed by atoms with Crippen LogP contribution in [0, 0.1) is 0 Å². The molecule has 0 saturated carbocycles. The summed E-state index contributed by atoms with van der Waals surface area (Å²) in [5.41, 5.74) is 0. The molecule has 0 fully saturated rings. The van der Waals surface area contributed by atoms with E-state index in [4.69, 9.17) is 14.2 Å². The number of carbonyl (C=O) groups is 3. The van der Waals surface area contributed by atoms with Crippen LogP contribution in [0.15, 0.2) is 134 Å². The molecule has 0 saturated heterocycles. The summed E-state index contributed by atoms with van der Waals surface area (Å²) in [7, 11) is 0. The number of ether oxygens (including phenoxy) is 3. The van der Waals surface area contributed by atoms with Crippen molar-refractivity contribution >= 4 is 17.9 Å². The monoisotopic (exact) mass is 1120 g/mol. The smallest absolute Gasteiger partial charge is 0.306 e. The third-order valence-corrected chi connectivity index (χ3v) is 14.1. The van der Waals surface area contributed by atoms with E-state index in [0.29, 0.717) is 19.3 Å². The zero-order valence-corrected chi connectivity index (χ0v) is 52.8. The lowest BCUT2D eigenvalue weighted by molar-refractivity contribution is -0.167. The van der Waals surface area contributed by atoms with Crippen molar-refractivity contribution in [3.8, 4) is 0 Å². The Labute approximate surface area is 500 Å². The van der Waals surface area contributed by atoms with Crippen molar-refractivity contribution in [1.29, 1.82) is 0 Å². The molecule has 0 aliphatic carbocycles. The fraction of sp³-hybridized carbons (Fsp3) is 0.667. The number of rotatable bonds is 60. The highest BCUT2D eigenvalue weighted by molar-refractivity contribution is 5.71. The van der Waals surface area contributed by atoms with Gasteiger partial charge in [-0.05, 0) is 141 Å². The van der Waals surface area contributed by atoms with Crippen LogP contribution >= 0.6 is 0 Å². The molecule has 460 valence electrons. The summed E-state index contributed by atoms with van der Waals surface area (Å²) in [6.07, 6.45) is 96.1. The van der Waals surface area contributed by atoms with Gasteiger partial charge < -0.3 is 14.2 Å². The third kappa shape index (κ3) is 66.2. The van der Waals surface area contributed by atoms with Crippen molar-refractivity contribution in [2.45, 2.75) is 309 Å². The van der Waals surface area contributed by atoms with E-state index in [2.05, 4.69) is 154 Å².